The number of amides is 1. The van der Waals surface area contributed by atoms with Gasteiger partial charge in [0.1, 0.15) is 6.61 Å². The molecule has 0 fully saturated rings. The lowest BCUT2D eigenvalue weighted by atomic mass is 10.1. The topological polar surface area (TPSA) is 59.9 Å². The molecular formula is C17H15ClN2O3. The number of hydrazone groups is 1. The first-order chi connectivity index (χ1) is 11.1. The van der Waals surface area contributed by atoms with Crippen molar-refractivity contribution >= 4 is 23.2 Å². The maximum Gasteiger partial charge on any atom is 0.284 e. The van der Waals surface area contributed by atoms with Gasteiger partial charge in [-0.15, -0.1) is 0 Å². The first kappa shape index (κ1) is 15.4. The standard InChI is InChI=1S/C17H15ClN2O3/c1-11(12-6-8-13(18)9-7-12)19-20-17(21)16-10-22-14-4-2-3-5-15(14)23-16/h2-9,16H,10H2,1H3,(H,20,21)/b19-11-/t16-/m0/s1. The van der Waals surface area contributed by atoms with Crippen LogP contribution in [0.1, 0.15) is 12.5 Å². The molecule has 23 heavy (non-hydrogen) atoms. The van der Waals surface area contributed by atoms with E-state index in [4.69, 9.17) is 21.1 Å². The van der Waals surface area contributed by atoms with Crippen molar-refractivity contribution in [1.29, 1.82) is 0 Å². The number of hydrogen-bond donors (Lipinski definition) is 1. The SMILES string of the molecule is C/C(=N/NC(=O)[C@@H]1COc2ccccc2O1)c1ccc(Cl)cc1. The number of carbonyl (C=O) groups is 1. The molecule has 0 radical (unpaired) electrons. The Kier molecular flexibility index (Phi) is 4.48. The van der Waals surface area contributed by atoms with Crippen LogP contribution in [0.4, 0.5) is 0 Å². The highest BCUT2D eigenvalue weighted by molar-refractivity contribution is 6.30. The fourth-order valence-electron chi connectivity index (χ4n) is 2.12. The molecule has 0 spiro atoms. The van der Waals surface area contributed by atoms with Crippen LogP contribution in [0.25, 0.3) is 0 Å². The number of rotatable bonds is 3. The number of hydrogen-bond acceptors (Lipinski definition) is 4. The number of fused-ring (bicyclic) bond motifs is 1. The first-order valence-corrected chi connectivity index (χ1v) is 7.50. The Balaban J connectivity index is 1.63. The fourth-order valence-corrected chi connectivity index (χ4v) is 2.24. The van der Waals surface area contributed by atoms with Crippen LogP contribution >= 0.6 is 11.6 Å². The fraction of sp³-hybridized carbons (Fsp3) is 0.176. The van der Waals surface area contributed by atoms with Gasteiger partial charge in [0.25, 0.3) is 5.91 Å². The van der Waals surface area contributed by atoms with Crippen LogP contribution in [0, 0.1) is 0 Å². The van der Waals surface area contributed by atoms with E-state index in [-0.39, 0.29) is 12.5 Å². The Bertz CT molecular complexity index is 744. The molecule has 2 aromatic carbocycles. The molecule has 1 amide bonds. The van der Waals surface area contributed by atoms with E-state index in [1.807, 2.05) is 24.3 Å². The summed E-state index contributed by atoms with van der Waals surface area (Å²) < 4.78 is 11.1. The summed E-state index contributed by atoms with van der Waals surface area (Å²) in [5.41, 5.74) is 4.06. The predicted molar refractivity (Wildman–Crippen MR) is 88.2 cm³/mol. The van der Waals surface area contributed by atoms with Gasteiger partial charge in [0.05, 0.1) is 5.71 Å². The number of carbonyl (C=O) groups excluding carboxylic acids is 1. The first-order valence-electron chi connectivity index (χ1n) is 7.12. The summed E-state index contributed by atoms with van der Waals surface area (Å²) in [5.74, 6) is 0.836. The molecule has 3 rings (SSSR count). The summed E-state index contributed by atoms with van der Waals surface area (Å²) in [6.45, 7) is 1.95. The lowest BCUT2D eigenvalue weighted by molar-refractivity contribution is -0.130. The minimum atomic E-state index is -0.730. The number of halogens is 1. The van der Waals surface area contributed by atoms with E-state index in [2.05, 4.69) is 10.5 Å². The summed E-state index contributed by atoms with van der Waals surface area (Å²) in [4.78, 5) is 12.2. The van der Waals surface area contributed by atoms with Crippen molar-refractivity contribution in [2.75, 3.05) is 6.61 Å². The number of para-hydroxylation sites is 2. The van der Waals surface area contributed by atoms with Crippen LogP contribution in [0.3, 0.4) is 0 Å². The third-order valence-electron chi connectivity index (χ3n) is 3.40. The molecular weight excluding hydrogens is 316 g/mol. The molecule has 1 N–H and O–H groups in total. The van der Waals surface area contributed by atoms with Crippen molar-refractivity contribution in [1.82, 2.24) is 5.43 Å². The molecule has 118 valence electrons. The van der Waals surface area contributed by atoms with E-state index in [0.717, 1.165) is 5.56 Å². The Labute approximate surface area is 138 Å². The minimum Gasteiger partial charge on any atom is -0.485 e. The molecule has 1 aliphatic heterocycles. The van der Waals surface area contributed by atoms with Crippen molar-refractivity contribution < 1.29 is 14.3 Å². The van der Waals surface area contributed by atoms with Gasteiger partial charge in [0, 0.05) is 5.02 Å². The molecule has 5 nitrogen and oxygen atoms in total. The van der Waals surface area contributed by atoms with Gasteiger partial charge in [-0.2, -0.15) is 5.10 Å². The van der Waals surface area contributed by atoms with E-state index in [0.29, 0.717) is 22.2 Å². The third-order valence-corrected chi connectivity index (χ3v) is 3.65. The van der Waals surface area contributed by atoms with Crippen molar-refractivity contribution in [2.24, 2.45) is 5.10 Å². The Morgan fingerprint density at radius 1 is 1.17 bits per heavy atom. The van der Waals surface area contributed by atoms with E-state index >= 15 is 0 Å². The normalized spacial score (nSPS) is 16.8. The highest BCUT2D eigenvalue weighted by Crippen LogP contribution is 2.30. The zero-order valence-corrected chi connectivity index (χ0v) is 13.2. The van der Waals surface area contributed by atoms with Crippen LogP contribution in [0.15, 0.2) is 53.6 Å². The second kappa shape index (κ2) is 6.71. The van der Waals surface area contributed by atoms with E-state index in [1.54, 1.807) is 31.2 Å². The smallest absolute Gasteiger partial charge is 0.284 e. The monoisotopic (exact) mass is 330 g/mol. The van der Waals surface area contributed by atoms with Crippen LogP contribution < -0.4 is 14.9 Å². The molecule has 0 saturated heterocycles. The van der Waals surface area contributed by atoms with Gasteiger partial charge >= 0.3 is 0 Å². The summed E-state index contributed by atoms with van der Waals surface area (Å²) >= 11 is 5.85. The molecule has 1 atom stereocenters. The summed E-state index contributed by atoms with van der Waals surface area (Å²) in [6.07, 6.45) is -0.730. The summed E-state index contributed by atoms with van der Waals surface area (Å²) in [5, 5.41) is 4.74. The average Bonchev–Trinajstić information content (AvgIpc) is 2.59. The zero-order chi connectivity index (χ0) is 16.2. The number of benzene rings is 2. The van der Waals surface area contributed by atoms with Crippen molar-refractivity contribution in [3.8, 4) is 11.5 Å². The lowest BCUT2D eigenvalue weighted by Gasteiger charge is -2.24. The van der Waals surface area contributed by atoms with E-state index in [9.17, 15) is 4.79 Å². The molecule has 0 unspecified atom stereocenters. The van der Waals surface area contributed by atoms with Crippen molar-refractivity contribution in [3.63, 3.8) is 0 Å². The van der Waals surface area contributed by atoms with Gasteiger partial charge in [-0.1, -0.05) is 35.9 Å². The van der Waals surface area contributed by atoms with E-state index < -0.39 is 6.10 Å². The molecule has 6 heteroatoms. The van der Waals surface area contributed by atoms with Crippen molar-refractivity contribution in [3.05, 3.63) is 59.1 Å². The quantitative estimate of drug-likeness (QED) is 0.695. The minimum absolute atomic E-state index is 0.151. The van der Waals surface area contributed by atoms with Crippen LogP contribution in [0.2, 0.25) is 5.02 Å². The van der Waals surface area contributed by atoms with Gasteiger partial charge in [0.15, 0.2) is 11.5 Å². The molecule has 1 heterocycles. The molecule has 0 bridgehead atoms. The van der Waals surface area contributed by atoms with Gasteiger partial charge in [-0.05, 0) is 36.8 Å². The number of nitrogens with one attached hydrogen (secondary N) is 1. The number of ether oxygens (including phenoxy) is 2. The summed E-state index contributed by atoms with van der Waals surface area (Å²) in [7, 11) is 0. The predicted octanol–water partition coefficient (Wildman–Crippen LogP) is 3.02. The molecule has 1 aliphatic rings. The maximum atomic E-state index is 12.2. The maximum absolute atomic E-state index is 12.2. The molecule has 0 aliphatic carbocycles. The van der Waals surface area contributed by atoms with Gasteiger partial charge in [0.2, 0.25) is 6.10 Å². The highest BCUT2D eigenvalue weighted by Gasteiger charge is 2.27. The Morgan fingerprint density at radius 3 is 2.61 bits per heavy atom. The van der Waals surface area contributed by atoms with Gasteiger partial charge < -0.3 is 9.47 Å². The van der Waals surface area contributed by atoms with Crippen molar-refractivity contribution in [2.45, 2.75) is 13.0 Å². The molecule has 0 aromatic heterocycles. The molecule has 2 aromatic rings. The summed E-state index contributed by atoms with van der Waals surface area (Å²) in [6, 6.07) is 14.4. The largest absolute Gasteiger partial charge is 0.485 e. The van der Waals surface area contributed by atoms with E-state index in [1.165, 1.54) is 0 Å². The van der Waals surface area contributed by atoms with Gasteiger partial charge in [-0.3, -0.25) is 4.79 Å². The van der Waals surface area contributed by atoms with Crippen LogP contribution in [0.5, 0.6) is 11.5 Å². The second-order valence-electron chi connectivity index (χ2n) is 5.04. The third kappa shape index (κ3) is 3.63. The zero-order valence-electron chi connectivity index (χ0n) is 12.5. The number of nitrogens with zero attached hydrogens (tertiary/aromatic N) is 1. The van der Waals surface area contributed by atoms with Gasteiger partial charge in [-0.25, -0.2) is 5.43 Å². The average molecular weight is 331 g/mol. The lowest BCUT2D eigenvalue weighted by Crippen LogP contribution is -2.42. The van der Waals surface area contributed by atoms with Crippen LogP contribution in [-0.2, 0) is 4.79 Å². The van der Waals surface area contributed by atoms with Crippen LogP contribution in [-0.4, -0.2) is 24.3 Å². The highest BCUT2D eigenvalue weighted by atomic mass is 35.5. The Morgan fingerprint density at radius 2 is 1.87 bits per heavy atom. The second-order valence-corrected chi connectivity index (χ2v) is 5.48. The molecule has 0 saturated carbocycles. The Hall–Kier alpha value is -2.53.